The summed E-state index contributed by atoms with van der Waals surface area (Å²) in [6.07, 6.45) is 0. The molecule has 1 aliphatic heterocycles. The van der Waals surface area contributed by atoms with Crippen LogP contribution in [-0.2, 0) is 9.59 Å². The molecular weight excluding hydrogens is 274 g/mol. The van der Waals surface area contributed by atoms with Gasteiger partial charge in [-0.1, -0.05) is 19.1 Å². The Morgan fingerprint density at radius 1 is 1.10 bits per heavy atom. The molecule has 0 atom stereocenters. The Morgan fingerprint density at radius 2 is 1.75 bits per heavy atom. The molecule has 4 nitrogen and oxygen atoms in total. The van der Waals surface area contributed by atoms with Crippen LogP contribution in [0.25, 0.3) is 5.57 Å². The van der Waals surface area contributed by atoms with Gasteiger partial charge in [-0.3, -0.25) is 14.5 Å². The third-order valence-electron chi connectivity index (χ3n) is 2.99. The van der Waals surface area contributed by atoms with Crippen molar-refractivity contribution in [2.75, 3.05) is 19.4 Å². The fourth-order valence-electron chi connectivity index (χ4n) is 2.03. The monoisotopic (exact) mass is 291 g/mol. The summed E-state index contributed by atoms with van der Waals surface area (Å²) in [5.74, 6) is 1.05. The van der Waals surface area contributed by atoms with Crippen LogP contribution in [0.3, 0.4) is 0 Å². The molecule has 20 heavy (non-hydrogen) atoms. The number of benzene rings is 1. The third-order valence-corrected chi connectivity index (χ3v) is 3.94. The Bertz CT molecular complexity index is 563. The van der Waals surface area contributed by atoms with Gasteiger partial charge >= 0.3 is 0 Å². The predicted octanol–water partition coefficient (Wildman–Crippen LogP) is 2.55. The van der Waals surface area contributed by atoms with E-state index in [0.29, 0.717) is 17.1 Å². The topological polar surface area (TPSA) is 46.6 Å². The lowest BCUT2D eigenvalue weighted by atomic mass is 10.1. The lowest BCUT2D eigenvalue weighted by Gasteiger charge is -2.07. The average Bonchev–Trinajstić information content (AvgIpc) is 2.66. The number of likely N-dealkylation sites (N-methyl/N-ethyl adjacent to an activating group) is 1. The maximum Gasteiger partial charge on any atom is 0.267 e. The van der Waals surface area contributed by atoms with Gasteiger partial charge in [0.15, 0.2) is 0 Å². The van der Waals surface area contributed by atoms with Gasteiger partial charge in [-0.25, -0.2) is 0 Å². The van der Waals surface area contributed by atoms with E-state index in [0.717, 1.165) is 17.1 Å². The van der Waals surface area contributed by atoms with Crippen LogP contribution in [-0.4, -0.2) is 36.1 Å². The molecule has 2 rings (SSSR count). The summed E-state index contributed by atoms with van der Waals surface area (Å²) in [7, 11) is 1.52. The lowest BCUT2D eigenvalue weighted by molar-refractivity contribution is -0.134. The number of hydrogen-bond donors (Lipinski definition) is 0. The number of thioether (sulfide) groups is 1. The first-order valence-corrected chi connectivity index (χ1v) is 7.51. The highest BCUT2D eigenvalue weighted by Crippen LogP contribution is 2.35. The Morgan fingerprint density at radius 3 is 2.30 bits per heavy atom. The molecule has 0 unspecified atom stereocenters. The molecule has 0 aliphatic carbocycles. The molecule has 0 fully saturated rings. The van der Waals surface area contributed by atoms with E-state index in [2.05, 4.69) is 0 Å². The SMILES string of the molecule is CCOc1ccc(C2=C(SCC)C(=O)N(C)C2=O)cc1. The van der Waals surface area contributed by atoms with Crippen LogP contribution >= 0.6 is 11.8 Å². The van der Waals surface area contributed by atoms with Crippen LogP contribution < -0.4 is 4.74 Å². The Labute approximate surface area is 122 Å². The Hall–Kier alpha value is -1.75. The highest BCUT2D eigenvalue weighted by Gasteiger charge is 2.36. The van der Waals surface area contributed by atoms with Crippen LogP contribution in [0.1, 0.15) is 19.4 Å². The maximum absolute atomic E-state index is 12.2. The van der Waals surface area contributed by atoms with Gasteiger partial charge in [0.25, 0.3) is 11.8 Å². The Kier molecular flexibility index (Phi) is 4.49. The van der Waals surface area contributed by atoms with E-state index in [1.165, 1.54) is 23.7 Å². The minimum absolute atomic E-state index is 0.217. The fraction of sp³-hybridized carbons (Fsp3) is 0.333. The first kappa shape index (κ1) is 14.7. The summed E-state index contributed by atoms with van der Waals surface area (Å²) in [5, 5.41) is 0. The zero-order valence-electron chi connectivity index (χ0n) is 11.8. The van der Waals surface area contributed by atoms with Crippen molar-refractivity contribution in [3.05, 3.63) is 34.7 Å². The molecule has 0 saturated carbocycles. The number of nitrogens with zero attached hydrogens (tertiary/aromatic N) is 1. The molecule has 0 spiro atoms. The number of carbonyl (C=O) groups is 2. The van der Waals surface area contributed by atoms with Crippen LogP contribution in [0.2, 0.25) is 0 Å². The number of hydrogen-bond acceptors (Lipinski definition) is 4. The van der Waals surface area contributed by atoms with Crippen molar-refractivity contribution in [1.82, 2.24) is 4.90 Å². The van der Waals surface area contributed by atoms with Gasteiger partial charge in [-0.15, -0.1) is 11.8 Å². The molecule has 0 aromatic heterocycles. The summed E-state index contributed by atoms with van der Waals surface area (Å²) in [6, 6.07) is 7.27. The van der Waals surface area contributed by atoms with Crippen LogP contribution in [0.4, 0.5) is 0 Å². The standard InChI is InChI=1S/C15H17NO3S/c1-4-19-11-8-6-10(7-9-11)12-13(20-5-2)15(18)16(3)14(12)17/h6-9H,4-5H2,1-3H3. The molecule has 1 heterocycles. The lowest BCUT2D eigenvalue weighted by Crippen LogP contribution is -2.26. The van der Waals surface area contributed by atoms with Crippen molar-refractivity contribution >= 4 is 29.1 Å². The first-order valence-electron chi connectivity index (χ1n) is 6.52. The molecule has 1 aliphatic rings. The van der Waals surface area contributed by atoms with Gasteiger partial charge in [0, 0.05) is 7.05 Å². The van der Waals surface area contributed by atoms with E-state index in [9.17, 15) is 9.59 Å². The van der Waals surface area contributed by atoms with Crippen LogP contribution in [0.15, 0.2) is 29.2 Å². The van der Waals surface area contributed by atoms with Crippen molar-refractivity contribution in [1.29, 1.82) is 0 Å². The maximum atomic E-state index is 12.2. The molecule has 0 N–H and O–H groups in total. The minimum Gasteiger partial charge on any atom is -0.494 e. The number of amides is 2. The zero-order chi connectivity index (χ0) is 14.7. The number of rotatable bonds is 5. The van der Waals surface area contributed by atoms with E-state index in [4.69, 9.17) is 4.74 Å². The van der Waals surface area contributed by atoms with Crippen molar-refractivity contribution in [3.8, 4) is 5.75 Å². The quantitative estimate of drug-likeness (QED) is 0.782. The van der Waals surface area contributed by atoms with Gasteiger partial charge < -0.3 is 4.74 Å². The van der Waals surface area contributed by atoms with Crippen LogP contribution in [0.5, 0.6) is 5.75 Å². The molecular formula is C15H17NO3S. The van der Waals surface area contributed by atoms with Gasteiger partial charge in [0.1, 0.15) is 5.75 Å². The number of ether oxygens (including phenoxy) is 1. The van der Waals surface area contributed by atoms with Crippen molar-refractivity contribution in [2.45, 2.75) is 13.8 Å². The largest absolute Gasteiger partial charge is 0.494 e. The van der Waals surface area contributed by atoms with Gasteiger partial charge in [-0.2, -0.15) is 0 Å². The molecule has 1 aromatic carbocycles. The highest BCUT2D eigenvalue weighted by molar-refractivity contribution is 8.04. The Balaban J connectivity index is 2.41. The molecule has 1 aromatic rings. The normalized spacial score (nSPS) is 15.2. The van der Waals surface area contributed by atoms with E-state index in [1.54, 1.807) is 0 Å². The van der Waals surface area contributed by atoms with Crippen molar-refractivity contribution < 1.29 is 14.3 Å². The molecule has 0 radical (unpaired) electrons. The number of carbonyl (C=O) groups excluding carboxylic acids is 2. The third kappa shape index (κ3) is 2.58. The summed E-state index contributed by atoms with van der Waals surface area (Å²) in [6.45, 7) is 4.48. The summed E-state index contributed by atoms with van der Waals surface area (Å²) in [5.41, 5.74) is 1.25. The smallest absolute Gasteiger partial charge is 0.267 e. The van der Waals surface area contributed by atoms with Crippen molar-refractivity contribution in [2.24, 2.45) is 0 Å². The van der Waals surface area contributed by atoms with Gasteiger partial charge in [0.2, 0.25) is 0 Å². The van der Waals surface area contributed by atoms with Gasteiger partial charge in [-0.05, 0) is 30.4 Å². The van der Waals surface area contributed by atoms with E-state index in [-0.39, 0.29) is 11.8 Å². The van der Waals surface area contributed by atoms with E-state index >= 15 is 0 Å². The summed E-state index contributed by atoms with van der Waals surface area (Å²) in [4.78, 5) is 26.0. The fourth-order valence-corrected chi connectivity index (χ4v) is 2.93. The summed E-state index contributed by atoms with van der Waals surface area (Å²) < 4.78 is 5.38. The molecule has 2 amide bonds. The van der Waals surface area contributed by atoms with E-state index in [1.807, 2.05) is 38.1 Å². The van der Waals surface area contributed by atoms with Crippen LogP contribution in [0, 0.1) is 0 Å². The highest BCUT2D eigenvalue weighted by atomic mass is 32.2. The molecule has 106 valence electrons. The number of imide groups is 1. The minimum atomic E-state index is -0.241. The van der Waals surface area contributed by atoms with Crippen molar-refractivity contribution in [3.63, 3.8) is 0 Å². The second-order valence-corrected chi connectivity index (χ2v) is 5.54. The second kappa shape index (κ2) is 6.13. The molecule has 5 heteroatoms. The van der Waals surface area contributed by atoms with Gasteiger partial charge in [0.05, 0.1) is 17.1 Å². The molecule has 0 bridgehead atoms. The second-order valence-electron chi connectivity index (χ2n) is 4.26. The first-order chi connectivity index (χ1) is 9.60. The average molecular weight is 291 g/mol. The zero-order valence-corrected chi connectivity index (χ0v) is 12.6. The summed E-state index contributed by atoms with van der Waals surface area (Å²) >= 11 is 1.41. The predicted molar refractivity (Wildman–Crippen MR) is 80.4 cm³/mol. The van der Waals surface area contributed by atoms with E-state index < -0.39 is 0 Å². The molecule has 0 saturated heterocycles.